The fourth-order valence-electron chi connectivity index (χ4n) is 2.77. The van der Waals surface area contributed by atoms with Gasteiger partial charge < -0.3 is 9.64 Å². The van der Waals surface area contributed by atoms with Gasteiger partial charge >= 0.3 is 0 Å². The van der Waals surface area contributed by atoms with Crippen LogP contribution in [0.4, 0.5) is 5.69 Å². The van der Waals surface area contributed by atoms with Crippen molar-refractivity contribution in [2.45, 2.75) is 32.2 Å². The molecule has 1 heterocycles. The van der Waals surface area contributed by atoms with E-state index in [9.17, 15) is 0 Å². The molecule has 1 unspecified atom stereocenters. The molecule has 1 fully saturated rings. The molecule has 3 nitrogen and oxygen atoms in total. The van der Waals surface area contributed by atoms with Gasteiger partial charge in [0.1, 0.15) is 5.75 Å². The third-order valence-electron chi connectivity index (χ3n) is 3.73. The molecule has 3 heteroatoms. The van der Waals surface area contributed by atoms with Gasteiger partial charge in [-0.15, -0.1) is 0 Å². The van der Waals surface area contributed by atoms with Crippen LogP contribution in [0.15, 0.2) is 24.3 Å². The summed E-state index contributed by atoms with van der Waals surface area (Å²) in [4.78, 5) is 2.38. The number of benzene rings is 1. The number of nitriles is 1. The van der Waals surface area contributed by atoms with E-state index < -0.39 is 0 Å². The maximum Gasteiger partial charge on any atom is 0.120 e. The molecule has 0 bridgehead atoms. The van der Waals surface area contributed by atoms with Crippen LogP contribution in [0.3, 0.4) is 0 Å². The first-order valence-electron chi connectivity index (χ1n) is 6.38. The van der Waals surface area contributed by atoms with Crippen LogP contribution in [-0.4, -0.2) is 19.2 Å². The highest BCUT2D eigenvalue weighted by atomic mass is 16.5. The largest absolute Gasteiger partial charge is 0.497 e. The van der Waals surface area contributed by atoms with Crippen LogP contribution in [0.1, 0.15) is 26.7 Å². The lowest BCUT2D eigenvalue weighted by atomic mass is 9.83. The molecule has 2 rings (SSSR count). The summed E-state index contributed by atoms with van der Waals surface area (Å²) < 4.78 is 5.28. The normalized spacial score (nSPS) is 22.3. The van der Waals surface area contributed by atoms with E-state index in [4.69, 9.17) is 10.00 Å². The summed E-state index contributed by atoms with van der Waals surface area (Å²) in [5, 5.41) is 9.07. The van der Waals surface area contributed by atoms with Gasteiger partial charge in [-0.2, -0.15) is 5.26 Å². The van der Waals surface area contributed by atoms with Gasteiger partial charge in [-0.1, -0.05) is 6.07 Å². The minimum Gasteiger partial charge on any atom is -0.497 e. The Bertz CT molecular complexity index is 462. The second-order valence-corrected chi connectivity index (χ2v) is 5.48. The highest BCUT2D eigenvalue weighted by molar-refractivity contribution is 5.53. The van der Waals surface area contributed by atoms with Crippen molar-refractivity contribution >= 4 is 5.69 Å². The standard InChI is InChI=1S/C15H20N2O/c1-15(2)10-12(11-16)7-8-17(15)13-5-4-6-14(9-13)18-3/h4-6,9,12H,7-8,10H2,1-3H3. The highest BCUT2D eigenvalue weighted by Crippen LogP contribution is 2.36. The lowest BCUT2D eigenvalue weighted by Crippen LogP contribution is -2.50. The zero-order valence-corrected chi connectivity index (χ0v) is 11.3. The number of piperidine rings is 1. The molecule has 96 valence electrons. The first-order chi connectivity index (χ1) is 8.56. The maximum atomic E-state index is 9.07. The predicted octanol–water partition coefficient (Wildman–Crippen LogP) is 3.21. The van der Waals surface area contributed by atoms with Crippen molar-refractivity contribution in [2.75, 3.05) is 18.6 Å². The van der Waals surface area contributed by atoms with Crippen molar-refractivity contribution in [1.82, 2.24) is 0 Å². The van der Waals surface area contributed by atoms with Gasteiger partial charge in [0, 0.05) is 23.8 Å². The molecule has 0 N–H and O–H groups in total. The van der Waals surface area contributed by atoms with Crippen LogP contribution in [0.25, 0.3) is 0 Å². The molecule has 0 radical (unpaired) electrons. The maximum absolute atomic E-state index is 9.07. The number of hydrogen-bond donors (Lipinski definition) is 0. The molecular weight excluding hydrogens is 224 g/mol. The second-order valence-electron chi connectivity index (χ2n) is 5.48. The SMILES string of the molecule is COc1cccc(N2CCC(C#N)CC2(C)C)c1. The molecular formula is C15H20N2O. The first kappa shape index (κ1) is 12.8. The van der Waals surface area contributed by atoms with Crippen LogP contribution >= 0.6 is 0 Å². The Kier molecular flexibility index (Phi) is 3.47. The van der Waals surface area contributed by atoms with E-state index in [2.05, 4.69) is 36.9 Å². The monoisotopic (exact) mass is 244 g/mol. The number of rotatable bonds is 2. The van der Waals surface area contributed by atoms with E-state index in [1.807, 2.05) is 12.1 Å². The molecule has 0 aromatic heterocycles. The number of nitrogens with zero attached hydrogens (tertiary/aromatic N) is 2. The van der Waals surface area contributed by atoms with Crippen molar-refractivity contribution in [3.8, 4) is 11.8 Å². The molecule has 1 aromatic rings. The van der Waals surface area contributed by atoms with Crippen molar-refractivity contribution in [1.29, 1.82) is 5.26 Å². The number of hydrogen-bond acceptors (Lipinski definition) is 3. The Morgan fingerprint density at radius 2 is 2.22 bits per heavy atom. The molecule has 1 aliphatic rings. The molecule has 0 saturated carbocycles. The second kappa shape index (κ2) is 4.89. The van der Waals surface area contributed by atoms with Gasteiger partial charge in [-0.3, -0.25) is 0 Å². The summed E-state index contributed by atoms with van der Waals surface area (Å²) in [5.74, 6) is 1.06. The molecule has 0 aliphatic carbocycles. The lowest BCUT2D eigenvalue weighted by Gasteiger charge is -2.45. The Morgan fingerprint density at radius 1 is 1.44 bits per heavy atom. The summed E-state index contributed by atoms with van der Waals surface area (Å²) in [5.41, 5.74) is 1.20. The Hall–Kier alpha value is -1.69. The van der Waals surface area contributed by atoms with E-state index in [1.54, 1.807) is 7.11 Å². The summed E-state index contributed by atoms with van der Waals surface area (Å²) in [6, 6.07) is 10.5. The predicted molar refractivity (Wildman–Crippen MR) is 72.8 cm³/mol. The van der Waals surface area contributed by atoms with Gasteiger partial charge in [0.2, 0.25) is 0 Å². The van der Waals surface area contributed by atoms with E-state index in [0.717, 1.165) is 25.1 Å². The zero-order valence-electron chi connectivity index (χ0n) is 11.3. The minimum absolute atomic E-state index is 0.0189. The summed E-state index contributed by atoms with van der Waals surface area (Å²) in [6.45, 7) is 5.34. The van der Waals surface area contributed by atoms with Gasteiger partial charge in [0.25, 0.3) is 0 Å². The molecule has 1 atom stereocenters. The van der Waals surface area contributed by atoms with Gasteiger partial charge in [0.15, 0.2) is 0 Å². The molecule has 1 aliphatic heterocycles. The molecule has 18 heavy (non-hydrogen) atoms. The zero-order chi connectivity index (χ0) is 13.2. The quantitative estimate of drug-likeness (QED) is 0.801. The average molecular weight is 244 g/mol. The Morgan fingerprint density at radius 3 is 2.83 bits per heavy atom. The van der Waals surface area contributed by atoms with E-state index in [0.29, 0.717) is 0 Å². The van der Waals surface area contributed by atoms with Crippen molar-refractivity contribution in [2.24, 2.45) is 5.92 Å². The average Bonchev–Trinajstić information content (AvgIpc) is 2.37. The topological polar surface area (TPSA) is 36.3 Å². The fraction of sp³-hybridized carbons (Fsp3) is 0.533. The van der Waals surface area contributed by atoms with Crippen molar-refractivity contribution < 1.29 is 4.74 Å². The highest BCUT2D eigenvalue weighted by Gasteiger charge is 2.34. The van der Waals surface area contributed by atoms with Gasteiger partial charge in [-0.25, -0.2) is 0 Å². The molecule has 1 aromatic carbocycles. The third kappa shape index (κ3) is 2.43. The number of methoxy groups -OCH3 is 1. The number of ether oxygens (including phenoxy) is 1. The first-order valence-corrected chi connectivity index (χ1v) is 6.38. The van der Waals surface area contributed by atoms with Gasteiger partial charge in [0.05, 0.1) is 19.1 Å². The molecule has 1 saturated heterocycles. The van der Waals surface area contributed by atoms with Crippen LogP contribution in [0, 0.1) is 17.2 Å². The Balaban J connectivity index is 2.25. The third-order valence-corrected chi connectivity index (χ3v) is 3.73. The lowest BCUT2D eigenvalue weighted by molar-refractivity contribution is 0.315. The summed E-state index contributed by atoms with van der Waals surface area (Å²) >= 11 is 0. The summed E-state index contributed by atoms with van der Waals surface area (Å²) in [7, 11) is 1.69. The van der Waals surface area contributed by atoms with Crippen molar-refractivity contribution in [3.63, 3.8) is 0 Å². The van der Waals surface area contributed by atoms with E-state index >= 15 is 0 Å². The Labute approximate surface area is 109 Å². The minimum atomic E-state index is 0.0189. The molecule has 0 spiro atoms. The molecule has 0 amide bonds. The van der Waals surface area contributed by atoms with Crippen LogP contribution in [0.2, 0.25) is 0 Å². The van der Waals surface area contributed by atoms with E-state index in [-0.39, 0.29) is 11.5 Å². The summed E-state index contributed by atoms with van der Waals surface area (Å²) in [6.07, 6.45) is 1.86. The smallest absolute Gasteiger partial charge is 0.120 e. The number of anilines is 1. The van der Waals surface area contributed by atoms with Gasteiger partial charge in [-0.05, 0) is 38.8 Å². The van der Waals surface area contributed by atoms with Crippen molar-refractivity contribution in [3.05, 3.63) is 24.3 Å². The van der Waals surface area contributed by atoms with E-state index in [1.165, 1.54) is 5.69 Å². The van der Waals surface area contributed by atoms with Crippen LogP contribution in [0.5, 0.6) is 5.75 Å². The fourth-order valence-corrected chi connectivity index (χ4v) is 2.77. The van der Waals surface area contributed by atoms with Crippen LogP contribution in [-0.2, 0) is 0 Å². The van der Waals surface area contributed by atoms with Crippen LogP contribution < -0.4 is 9.64 Å².